The molecular weight excluding hydrogens is 575 g/mol. The van der Waals surface area contributed by atoms with E-state index in [2.05, 4.69) is 10.3 Å². The number of carbonyl (C=O) groups excluding carboxylic acids is 1. The predicted octanol–water partition coefficient (Wildman–Crippen LogP) is 4.64. The van der Waals surface area contributed by atoms with Crippen molar-refractivity contribution in [3.63, 3.8) is 0 Å². The molecule has 2 N–H and O–H groups in total. The van der Waals surface area contributed by atoms with Crippen molar-refractivity contribution in [1.82, 2.24) is 9.29 Å². The van der Waals surface area contributed by atoms with Crippen LogP contribution in [0.3, 0.4) is 0 Å². The van der Waals surface area contributed by atoms with Crippen molar-refractivity contribution in [2.45, 2.75) is 36.4 Å². The molecule has 1 fully saturated rings. The zero-order valence-corrected chi connectivity index (χ0v) is 23.0. The van der Waals surface area contributed by atoms with E-state index in [1.807, 2.05) is 29.6 Å². The molecular formula is C25H26F3N3O7S2. The molecule has 1 atom stereocenters. The number of sulfonamides is 1. The molecule has 0 radical (unpaired) electrons. The Morgan fingerprint density at radius 1 is 1.07 bits per heavy atom. The number of hydrogen-bond acceptors (Lipinski definition) is 8. The summed E-state index contributed by atoms with van der Waals surface area (Å²) in [4.78, 5) is 26.6. The fourth-order valence-electron chi connectivity index (χ4n) is 3.83. The summed E-state index contributed by atoms with van der Waals surface area (Å²) in [5.41, 5.74) is 1.62. The van der Waals surface area contributed by atoms with Crippen molar-refractivity contribution in [1.29, 1.82) is 0 Å². The summed E-state index contributed by atoms with van der Waals surface area (Å²) < 4.78 is 70.3. The molecule has 0 spiro atoms. The predicted molar refractivity (Wildman–Crippen MR) is 141 cm³/mol. The minimum Gasteiger partial charge on any atom is -0.497 e. The molecule has 3 aromatic rings. The third-order valence-corrected chi connectivity index (χ3v) is 8.48. The van der Waals surface area contributed by atoms with E-state index < -0.39 is 28.2 Å². The van der Waals surface area contributed by atoms with Gasteiger partial charge in [-0.2, -0.15) is 17.5 Å². The number of halogens is 3. The largest absolute Gasteiger partial charge is 0.497 e. The maximum absolute atomic E-state index is 13.4. The first-order chi connectivity index (χ1) is 18.9. The van der Waals surface area contributed by atoms with Crippen molar-refractivity contribution in [3.8, 4) is 22.8 Å². The lowest BCUT2D eigenvalue weighted by atomic mass is 10.0. The summed E-state index contributed by atoms with van der Waals surface area (Å²) in [5, 5.41) is 12.2. The molecule has 1 aliphatic rings. The highest BCUT2D eigenvalue weighted by atomic mass is 32.2. The molecule has 15 heteroatoms. The third kappa shape index (κ3) is 7.49. The summed E-state index contributed by atoms with van der Waals surface area (Å²) in [6.45, 7) is 0.271. The monoisotopic (exact) mass is 601 g/mol. The normalized spacial score (nSPS) is 15.9. The zero-order valence-electron chi connectivity index (χ0n) is 21.3. The average molecular weight is 602 g/mol. The molecule has 0 bridgehead atoms. The molecule has 1 aromatic heterocycles. The number of benzene rings is 2. The Hall–Kier alpha value is -3.69. The number of aliphatic carboxylic acids is 1. The van der Waals surface area contributed by atoms with Gasteiger partial charge in [0.15, 0.2) is 5.13 Å². The molecule has 1 amide bonds. The number of alkyl halides is 3. The maximum atomic E-state index is 13.4. The molecule has 0 aliphatic carbocycles. The highest BCUT2D eigenvalue weighted by molar-refractivity contribution is 7.89. The quantitative estimate of drug-likeness (QED) is 0.400. The number of hydrogen-bond donors (Lipinski definition) is 2. The second-order valence-electron chi connectivity index (χ2n) is 8.34. The van der Waals surface area contributed by atoms with Gasteiger partial charge >= 0.3 is 12.1 Å². The van der Waals surface area contributed by atoms with Crippen LogP contribution in [-0.2, 0) is 19.6 Å². The molecule has 2 heterocycles. The Bertz CT molecular complexity index is 1430. The van der Waals surface area contributed by atoms with E-state index in [4.69, 9.17) is 19.4 Å². The van der Waals surface area contributed by atoms with E-state index in [1.54, 1.807) is 25.3 Å². The van der Waals surface area contributed by atoms with Gasteiger partial charge in [-0.05, 0) is 49.2 Å². The van der Waals surface area contributed by atoms with Crippen LogP contribution in [0.25, 0.3) is 11.3 Å². The number of piperidine rings is 1. The van der Waals surface area contributed by atoms with E-state index in [0.717, 1.165) is 23.4 Å². The molecule has 10 nitrogen and oxygen atoms in total. The number of amides is 1. The number of carboxylic acid groups (broad SMARTS) is 1. The van der Waals surface area contributed by atoms with Crippen LogP contribution in [-0.4, -0.2) is 67.7 Å². The number of para-hydroxylation sites is 1. The van der Waals surface area contributed by atoms with Crippen molar-refractivity contribution in [3.05, 3.63) is 53.9 Å². The molecule has 4 rings (SSSR count). The van der Waals surface area contributed by atoms with Gasteiger partial charge in [0.2, 0.25) is 15.9 Å². The van der Waals surface area contributed by atoms with Crippen molar-refractivity contribution >= 4 is 38.4 Å². The fraction of sp³-hybridized carbons (Fsp3) is 0.320. The summed E-state index contributed by atoms with van der Waals surface area (Å²) in [6, 6.07) is 13.1. The van der Waals surface area contributed by atoms with Gasteiger partial charge < -0.3 is 19.9 Å². The number of thiazole rings is 1. The first-order valence-corrected chi connectivity index (χ1v) is 14.1. The van der Waals surface area contributed by atoms with E-state index >= 15 is 0 Å². The number of nitrogens with one attached hydrogen (secondary N) is 1. The Balaban J connectivity index is 0.000000559. The van der Waals surface area contributed by atoms with E-state index in [9.17, 15) is 26.4 Å². The Morgan fingerprint density at radius 3 is 2.33 bits per heavy atom. The van der Waals surface area contributed by atoms with Crippen LogP contribution < -0.4 is 14.8 Å². The number of aromatic nitrogens is 1. The van der Waals surface area contributed by atoms with Gasteiger partial charge in [-0.1, -0.05) is 18.6 Å². The molecule has 216 valence electrons. The molecule has 1 saturated heterocycles. The molecule has 0 saturated carbocycles. The van der Waals surface area contributed by atoms with Gasteiger partial charge in [0.25, 0.3) is 0 Å². The Labute approximate surface area is 232 Å². The van der Waals surface area contributed by atoms with Crippen molar-refractivity contribution in [2.24, 2.45) is 0 Å². The van der Waals surface area contributed by atoms with Crippen LogP contribution in [0.1, 0.15) is 19.3 Å². The fourth-order valence-corrected chi connectivity index (χ4v) is 6.36. The number of carboxylic acids is 1. The number of methoxy groups -OCH3 is 2. The maximum Gasteiger partial charge on any atom is 0.490 e. The number of carbonyl (C=O) groups is 2. The van der Waals surface area contributed by atoms with Crippen molar-refractivity contribution < 1.29 is 45.8 Å². The zero-order chi connectivity index (χ0) is 29.5. The topological polar surface area (TPSA) is 135 Å². The third-order valence-electron chi connectivity index (χ3n) is 5.77. The highest BCUT2D eigenvalue weighted by Gasteiger charge is 2.39. The van der Waals surface area contributed by atoms with E-state index in [-0.39, 0.29) is 23.1 Å². The van der Waals surface area contributed by atoms with Gasteiger partial charge in [0.05, 0.1) is 19.9 Å². The van der Waals surface area contributed by atoms with Crippen LogP contribution >= 0.6 is 11.3 Å². The van der Waals surface area contributed by atoms with Gasteiger partial charge in [0, 0.05) is 17.5 Å². The lowest BCUT2D eigenvalue weighted by Crippen LogP contribution is -2.49. The SMILES string of the molecule is COc1ccc(-c2csc(NC(=O)[C@H]3CCCCN3S(=O)(=O)c3ccccc3OC)n2)cc1.O=C(O)C(F)(F)F. The average Bonchev–Trinajstić information content (AvgIpc) is 3.41. The van der Waals surface area contributed by atoms with E-state index in [1.165, 1.54) is 28.8 Å². The Morgan fingerprint density at radius 2 is 1.73 bits per heavy atom. The standard InChI is InChI=1S/C23H25N3O5S2.C2HF3O2/c1-30-17-12-10-16(11-13-17)18-15-32-23(24-18)25-22(27)19-7-5-6-14-26(19)33(28,29)21-9-4-3-8-20(21)31-2;3-2(4,5)1(6)7/h3-4,8-13,15,19H,5-7,14H2,1-2H3,(H,24,25,27);(H,6,7)/t19-;/m1./s1. The summed E-state index contributed by atoms with van der Waals surface area (Å²) in [5.74, 6) is -2.14. The Kier molecular flexibility index (Phi) is 10.1. The lowest BCUT2D eigenvalue weighted by Gasteiger charge is -2.33. The van der Waals surface area contributed by atoms with Gasteiger partial charge in [-0.3, -0.25) is 4.79 Å². The molecule has 40 heavy (non-hydrogen) atoms. The molecule has 1 aliphatic heterocycles. The number of nitrogens with zero attached hydrogens (tertiary/aromatic N) is 2. The minimum absolute atomic E-state index is 0.0586. The first-order valence-electron chi connectivity index (χ1n) is 11.7. The highest BCUT2D eigenvalue weighted by Crippen LogP contribution is 2.32. The second-order valence-corrected chi connectivity index (χ2v) is 11.1. The number of anilines is 1. The molecule has 0 unspecified atom stereocenters. The summed E-state index contributed by atoms with van der Waals surface area (Å²) in [6.07, 6.45) is -3.18. The van der Waals surface area contributed by atoms with Crippen LogP contribution in [0, 0.1) is 0 Å². The van der Waals surface area contributed by atoms with Crippen LogP contribution in [0.5, 0.6) is 11.5 Å². The van der Waals surface area contributed by atoms with Crippen molar-refractivity contribution in [2.75, 3.05) is 26.1 Å². The summed E-state index contributed by atoms with van der Waals surface area (Å²) >= 11 is 1.30. The van der Waals surface area contributed by atoms with Gasteiger partial charge in [-0.25, -0.2) is 18.2 Å². The number of rotatable bonds is 7. The van der Waals surface area contributed by atoms with Crippen LogP contribution in [0.4, 0.5) is 18.3 Å². The minimum atomic E-state index is -5.08. The lowest BCUT2D eigenvalue weighted by molar-refractivity contribution is -0.192. The smallest absolute Gasteiger partial charge is 0.490 e. The van der Waals surface area contributed by atoms with E-state index in [0.29, 0.717) is 18.0 Å². The summed E-state index contributed by atoms with van der Waals surface area (Å²) in [7, 11) is -0.884. The number of ether oxygens (including phenoxy) is 2. The molecule has 2 aromatic carbocycles. The second kappa shape index (κ2) is 13.1. The van der Waals surface area contributed by atoms with Crippen LogP contribution in [0.15, 0.2) is 58.8 Å². The first kappa shape index (κ1) is 30.8. The van der Waals surface area contributed by atoms with Gasteiger partial charge in [0.1, 0.15) is 22.4 Å². The van der Waals surface area contributed by atoms with Gasteiger partial charge in [-0.15, -0.1) is 11.3 Å². The van der Waals surface area contributed by atoms with Crippen LogP contribution in [0.2, 0.25) is 0 Å².